The molecule has 0 aliphatic carbocycles. The number of aryl methyl sites for hydroxylation is 2. The van der Waals surface area contributed by atoms with Gasteiger partial charge in [0.25, 0.3) is 0 Å². The second-order valence-corrected chi connectivity index (χ2v) is 7.37. The van der Waals surface area contributed by atoms with Crippen molar-refractivity contribution < 1.29 is 13.5 Å². The SMILES string of the molecule is Cc1ccc(S(=O)(=O)N2CCC(C)C(O)C2)c(C)c1. The molecule has 0 bridgehead atoms. The van der Waals surface area contributed by atoms with Gasteiger partial charge in [0, 0.05) is 13.1 Å². The molecule has 0 amide bonds. The zero-order valence-corrected chi connectivity index (χ0v) is 12.4. The second kappa shape index (κ2) is 5.23. The van der Waals surface area contributed by atoms with Crippen LogP contribution in [0.15, 0.2) is 23.1 Å². The Hall–Kier alpha value is -0.910. The van der Waals surface area contributed by atoms with Crippen LogP contribution in [-0.2, 0) is 10.0 Å². The van der Waals surface area contributed by atoms with E-state index in [1.807, 2.05) is 32.9 Å². The van der Waals surface area contributed by atoms with E-state index in [2.05, 4.69) is 0 Å². The van der Waals surface area contributed by atoms with Gasteiger partial charge in [0.15, 0.2) is 0 Å². The molecule has 1 aromatic rings. The summed E-state index contributed by atoms with van der Waals surface area (Å²) in [5.74, 6) is 0.158. The van der Waals surface area contributed by atoms with Crippen LogP contribution in [0.4, 0.5) is 0 Å². The molecule has 1 N–H and O–H groups in total. The average molecular weight is 283 g/mol. The van der Waals surface area contributed by atoms with Gasteiger partial charge >= 0.3 is 0 Å². The minimum absolute atomic E-state index is 0.158. The van der Waals surface area contributed by atoms with Gasteiger partial charge in [-0.3, -0.25) is 0 Å². The molecular weight excluding hydrogens is 262 g/mol. The van der Waals surface area contributed by atoms with Crippen molar-refractivity contribution in [3.8, 4) is 0 Å². The summed E-state index contributed by atoms with van der Waals surface area (Å²) in [5, 5.41) is 9.87. The number of aliphatic hydroxyl groups excluding tert-OH is 1. The normalized spacial score (nSPS) is 25.5. The Morgan fingerprint density at radius 3 is 2.58 bits per heavy atom. The highest BCUT2D eigenvalue weighted by atomic mass is 32.2. The standard InChI is InChI=1S/C14H21NO3S/c1-10-4-5-14(12(3)8-10)19(17,18)15-7-6-11(2)13(16)9-15/h4-5,8,11,13,16H,6-7,9H2,1-3H3. The maximum atomic E-state index is 12.6. The number of sulfonamides is 1. The first-order valence-electron chi connectivity index (χ1n) is 6.58. The number of benzene rings is 1. The van der Waals surface area contributed by atoms with Gasteiger partial charge in [-0.05, 0) is 37.8 Å². The zero-order chi connectivity index (χ0) is 14.2. The molecule has 2 rings (SSSR count). The predicted octanol–water partition coefficient (Wildman–Crippen LogP) is 1.69. The van der Waals surface area contributed by atoms with Crippen LogP contribution in [0, 0.1) is 19.8 Å². The molecule has 4 nitrogen and oxygen atoms in total. The van der Waals surface area contributed by atoms with Gasteiger partial charge in [0.05, 0.1) is 11.0 Å². The molecule has 1 saturated heterocycles. The fraction of sp³-hybridized carbons (Fsp3) is 0.571. The molecule has 1 aromatic carbocycles. The first-order valence-corrected chi connectivity index (χ1v) is 8.02. The lowest BCUT2D eigenvalue weighted by molar-refractivity contribution is 0.0605. The van der Waals surface area contributed by atoms with E-state index in [1.54, 1.807) is 6.07 Å². The number of piperidine rings is 1. The lowest BCUT2D eigenvalue weighted by atomic mass is 9.98. The minimum Gasteiger partial charge on any atom is -0.391 e. The third kappa shape index (κ3) is 2.83. The van der Waals surface area contributed by atoms with Gasteiger partial charge in [0.2, 0.25) is 10.0 Å². The Bertz CT molecular complexity index is 568. The summed E-state index contributed by atoms with van der Waals surface area (Å²) >= 11 is 0. The predicted molar refractivity (Wildman–Crippen MR) is 74.5 cm³/mol. The molecule has 19 heavy (non-hydrogen) atoms. The van der Waals surface area contributed by atoms with E-state index in [1.165, 1.54) is 4.31 Å². The Balaban J connectivity index is 2.32. The van der Waals surface area contributed by atoms with E-state index in [0.29, 0.717) is 17.9 Å². The molecule has 5 heteroatoms. The monoisotopic (exact) mass is 283 g/mol. The van der Waals surface area contributed by atoms with Crippen LogP contribution in [0.2, 0.25) is 0 Å². The Labute approximate surface area is 115 Å². The highest BCUT2D eigenvalue weighted by molar-refractivity contribution is 7.89. The van der Waals surface area contributed by atoms with Crippen LogP contribution in [0.1, 0.15) is 24.5 Å². The fourth-order valence-corrected chi connectivity index (χ4v) is 4.14. The van der Waals surface area contributed by atoms with E-state index in [0.717, 1.165) is 11.1 Å². The second-order valence-electron chi connectivity index (χ2n) is 5.47. The molecule has 0 spiro atoms. The van der Waals surface area contributed by atoms with Crippen LogP contribution >= 0.6 is 0 Å². The smallest absolute Gasteiger partial charge is 0.243 e. The summed E-state index contributed by atoms with van der Waals surface area (Å²) in [6.45, 7) is 6.37. The summed E-state index contributed by atoms with van der Waals surface area (Å²) in [4.78, 5) is 0.347. The molecule has 1 aliphatic heterocycles. The molecule has 0 aromatic heterocycles. The zero-order valence-electron chi connectivity index (χ0n) is 11.6. The lowest BCUT2D eigenvalue weighted by Gasteiger charge is -2.33. The maximum absolute atomic E-state index is 12.6. The third-order valence-electron chi connectivity index (χ3n) is 3.83. The highest BCUT2D eigenvalue weighted by Crippen LogP contribution is 2.26. The molecular formula is C14H21NO3S. The van der Waals surface area contributed by atoms with Gasteiger partial charge in [0.1, 0.15) is 0 Å². The molecule has 106 valence electrons. The number of rotatable bonds is 2. The number of hydrogen-bond donors (Lipinski definition) is 1. The molecule has 1 fully saturated rings. The van der Waals surface area contributed by atoms with Crippen LogP contribution < -0.4 is 0 Å². The Kier molecular flexibility index (Phi) is 3.99. The van der Waals surface area contributed by atoms with E-state index in [-0.39, 0.29) is 12.5 Å². The van der Waals surface area contributed by atoms with Crippen molar-refractivity contribution >= 4 is 10.0 Å². The molecule has 1 heterocycles. The van der Waals surface area contributed by atoms with Crippen molar-refractivity contribution in [2.24, 2.45) is 5.92 Å². The molecule has 2 atom stereocenters. The topological polar surface area (TPSA) is 57.6 Å². The van der Waals surface area contributed by atoms with Crippen molar-refractivity contribution in [1.29, 1.82) is 0 Å². The molecule has 0 saturated carbocycles. The maximum Gasteiger partial charge on any atom is 0.243 e. The number of β-amino-alcohol motifs (C(OH)–C–C–N with tert-alkyl or cyclic N) is 1. The van der Waals surface area contributed by atoms with Crippen molar-refractivity contribution in [1.82, 2.24) is 4.31 Å². The minimum atomic E-state index is -3.49. The Morgan fingerprint density at radius 2 is 2.00 bits per heavy atom. The van der Waals surface area contributed by atoms with E-state index >= 15 is 0 Å². The van der Waals surface area contributed by atoms with E-state index < -0.39 is 16.1 Å². The largest absolute Gasteiger partial charge is 0.391 e. The van der Waals surface area contributed by atoms with Crippen molar-refractivity contribution in [3.05, 3.63) is 29.3 Å². The number of aliphatic hydroxyl groups is 1. The van der Waals surface area contributed by atoms with Crippen molar-refractivity contribution in [2.45, 2.75) is 38.2 Å². The van der Waals surface area contributed by atoms with Crippen molar-refractivity contribution in [3.63, 3.8) is 0 Å². The van der Waals surface area contributed by atoms with Crippen LogP contribution in [-0.4, -0.2) is 37.0 Å². The van der Waals surface area contributed by atoms with Gasteiger partial charge in [-0.25, -0.2) is 8.42 Å². The quantitative estimate of drug-likeness (QED) is 0.898. The van der Waals surface area contributed by atoms with Crippen LogP contribution in [0.25, 0.3) is 0 Å². The van der Waals surface area contributed by atoms with E-state index in [9.17, 15) is 13.5 Å². The number of nitrogens with zero attached hydrogens (tertiary/aromatic N) is 1. The first kappa shape index (κ1) is 14.5. The van der Waals surface area contributed by atoms with Gasteiger partial charge in [-0.15, -0.1) is 0 Å². The summed E-state index contributed by atoms with van der Waals surface area (Å²) in [6.07, 6.45) is 0.125. The van der Waals surface area contributed by atoms with Crippen LogP contribution in [0.3, 0.4) is 0 Å². The van der Waals surface area contributed by atoms with Gasteiger partial charge in [-0.1, -0.05) is 24.6 Å². The molecule has 0 radical (unpaired) electrons. The molecule has 2 unspecified atom stereocenters. The van der Waals surface area contributed by atoms with Gasteiger partial charge in [-0.2, -0.15) is 4.31 Å². The fourth-order valence-electron chi connectivity index (χ4n) is 2.47. The average Bonchev–Trinajstić information content (AvgIpc) is 2.32. The number of hydrogen-bond acceptors (Lipinski definition) is 3. The summed E-state index contributed by atoms with van der Waals surface area (Å²) in [5.41, 5.74) is 1.80. The molecule has 1 aliphatic rings. The van der Waals surface area contributed by atoms with Crippen LogP contribution in [0.5, 0.6) is 0 Å². The summed E-state index contributed by atoms with van der Waals surface area (Å²) < 4.78 is 26.6. The third-order valence-corrected chi connectivity index (χ3v) is 5.85. The van der Waals surface area contributed by atoms with E-state index in [4.69, 9.17) is 0 Å². The van der Waals surface area contributed by atoms with Crippen molar-refractivity contribution in [2.75, 3.05) is 13.1 Å². The highest BCUT2D eigenvalue weighted by Gasteiger charge is 2.33. The summed E-state index contributed by atoms with van der Waals surface area (Å²) in [7, 11) is -3.49. The van der Waals surface area contributed by atoms with Gasteiger partial charge < -0.3 is 5.11 Å². The lowest BCUT2D eigenvalue weighted by Crippen LogP contribution is -2.45. The first-order chi connectivity index (χ1) is 8.82. The summed E-state index contributed by atoms with van der Waals surface area (Å²) in [6, 6.07) is 5.34. The Morgan fingerprint density at radius 1 is 1.32 bits per heavy atom.